The van der Waals surface area contributed by atoms with Gasteiger partial charge in [0, 0.05) is 65.8 Å². The highest BCUT2D eigenvalue weighted by molar-refractivity contribution is 7.96. The molecule has 3 aliphatic heterocycles. The Morgan fingerprint density at radius 1 is 1.02 bits per heavy atom. The van der Waals surface area contributed by atoms with Gasteiger partial charge in [0.15, 0.2) is 5.11 Å². The molecular weight excluding hydrogens is 615 g/mol. The molecule has 1 N–H and O–H groups in total. The fourth-order valence-electron chi connectivity index (χ4n) is 5.37. The summed E-state index contributed by atoms with van der Waals surface area (Å²) in [5, 5.41) is 12.2. The molecule has 10 nitrogen and oxygen atoms in total. The molecule has 1 aromatic carbocycles. The number of amides is 3. The number of carbonyl (C=O) groups excluding carboxylic acids is 3. The van der Waals surface area contributed by atoms with Gasteiger partial charge >= 0.3 is 6.18 Å². The van der Waals surface area contributed by atoms with Crippen LogP contribution in [0.15, 0.2) is 18.2 Å². The fraction of sp³-hybridized carbons (Fsp3) is 0.621. The highest BCUT2D eigenvalue weighted by Gasteiger charge is 2.49. The molecule has 0 saturated carbocycles. The van der Waals surface area contributed by atoms with E-state index in [4.69, 9.17) is 17.5 Å². The van der Waals surface area contributed by atoms with E-state index in [-0.39, 0.29) is 21.9 Å². The molecule has 0 bridgehead atoms. The smallest absolute Gasteiger partial charge is 0.340 e. The van der Waals surface area contributed by atoms with Crippen LogP contribution in [0.1, 0.15) is 51.2 Å². The van der Waals surface area contributed by atoms with E-state index >= 15 is 0 Å². The van der Waals surface area contributed by atoms with Gasteiger partial charge in [-0.2, -0.15) is 18.4 Å². The van der Waals surface area contributed by atoms with Crippen molar-refractivity contribution in [2.24, 2.45) is 0 Å². The quantitative estimate of drug-likeness (QED) is 0.261. The van der Waals surface area contributed by atoms with Gasteiger partial charge in [-0.3, -0.25) is 24.2 Å². The molecule has 44 heavy (non-hydrogen) atoms. The van der Waals surface area contributed by atoms with Crippen LogP contribution in [0.5, 0.6) is 0 Å². The van der Waals surface area contributed by atoms with E-state index in [0.717, 1.165) is 95.2 Å². The van der Waals surface area contributed by atoms with Crippen LogP contribution in [0.2, 0.25) is 0 Å². The van der Waals surface area contributed by atoms with E-state index in [2.05, 4.69) is 22.8 Å². The van der Waals surface area contributed by atoms with Crippen molar-refractivity contribution in [1.29, 1.82) is 5.26 Å². The van der Waals surface area contributed by atoms with Crippen molar-refractivity contribution in [3.05, 3.63) is 29.3 Å². The van der Waals surface area contributed by atoms with E-state index in [0.29, 0.717) is 6.54 Å². The van der Waals surface area contributed by atoms with Crippen LogP contribution < -0.4 is 10.2 Å². The van der Waals surface area contributed by atoms with Crippen molar-refractivity contribution in [1.82, 2.24) is 24.9 Å². The molecule has 0 spiro atoms. The lowest BCUT2D eigenvalue weighted by atomic mass is 10.0. The minimum atomic E-state index is -4.72. The number of unbranched alkanes of at least 4 members (excludes halogenated alkanes) is 2. The first-order valence-electron chi connectivity index (χ1n) is 14.6. The lowest BCUT2D eigenvalue weighted by Crippen LogP contribution is -2.48. The Balaban J connectivity index is 0.000000502. The number of nitrogens with one attached hydrogen (secondary N) is 1. The molecule has 3 saturated heterocycles. The highest BCUT2D eigenvalue weighted by Crippen LogP contribution is 2.38. The zero-order valence-corrected chi connectivity index (χ0v) is 27.0. The second-order valence-electron chi connectivity index (χ2n) is 11.4. The van der Waals surface area contributed by atoms with Gasteiger partial charge in [0.2, 0.25) is 5.91 Å². The molecule has 3 amide bonds. The third kappa shape index (κ3) is 8.83. The maximum absolute atomic E-state index is 13.4. The number of hydrogen-bond acceptors (Lipinski definition) is 7. The molecule has 4 rings (SSSR count). The molecule has 3 aliphatic rings. The summed E-state index contributed by atoms with van der Waals surface area (Å²) in [7, 11) is 0. The normalized spacial score (nSPS) is 19.0. The number of hydrogen-bond donors (Lipinski definition) is 2. The molecule has 0 unspecified atom stereocenters. The van der Waals surface area contributed by atoms with Gasteiger partial charge in [0.25, 0.3) is 11.1 Å². The second kappa shape index (κ2) is 15.4. The monoisotopic (exact) mass is 655 g/mol. The standard InChI is InChI=1S/C24H30F3N5O2S.C5H10N2OS/c1-17(33)30-13-11-29(12-14-30)9-5-4-6-10-31-22(35)32(21(34)23(31,2)3)19-8-7-18(16-28)20(15-19)24(25,26)27;8-5(9)7-3-1-6-2-4-7/h7-8,15H,4-6,9-14H2,1-3H3;6H,1-4H2,(H,8,9). The van der Waals surface area contributed by atoms with Gasteiger partial charge < -0.3 is 20.0 Å². The average Bonchev–Trinajstić information content (AvgIpc) is 3.15. The van der Waals surface area contributed by atoms with Crippen LogP contribution in [0.3, 0.4) is 0 Å². The maximum atomic E-state index is 13.4. The van der Waals surface area contributed by atoms with Gasteiger partial charge in [0.05, 0.1) is 22.9 Å². The number of carbonyl (C=O) groups is 3. The second-order valence-corrected chi connectivity index (χ2v) is 12.1. The molecular formula is C29H40F3N7O3S2. The van der Waals surface area contributed by atoms with E-state index < -0.39 is 28.7 Å². The van der Waals surface area contributed by atoms with Crippen LogP contribution in [0, 0.1) is 11.3 Å². The number of benzene rings is 1. The largest absolute Gasteiger partial charge is 0.417 e. The SMILES string of the molecule is CC(=O)N1CCN(CCCCCN2C(=S)N(c3ccc(C#N)c(C(F)(F)F)c3)C(=O)C2(C)C)CC1.O=C(S)N1CCNCC1. The van der Waals surface area contributed by atoms with Crippen molar-refractivity contribution in [3.8, 4) is 6.07 Å². The van der Waals surface area contributed by atoms with Crippen LogP contribution in [-0.4, -0.2) is 113 Å². The highest BCUT2D eigenvalue weighted by atomic mass is 32.1. The van der Waals surface area contributed by atoms with E-state index in [9.17, 15) is 27.6 Å². The Hall–Kier alpha value is -2.93. The summed E-state index contributed by atoms with van der Waals surface area (Å²) in [4.78, 5) is 44.0. The van der Waals surface area contributed by atoms with E-state index in [1.165, 1.54) is 6.07 Å². The van der Waals surface area contributed by atoms with E-state index in [1.54, 1.807) is 36.6 Å². The number of anilines is 1. The first-order valence-corrected chi connectivity index (χ1v) is 15.5. The molecule has 0 aromatic heterocycles. The average molecular weight is 656 g/mol. The van der Waals surface area contributed by atoms with Gasteiger partial charge in [-0.25, -0.2) is 0 Å². The van der Waals surface area contributed by atoms with Gasteiger partial charge in [-0.15, -0.1) is 0 Å². The number of nitriles is 1. The Kier molecular flexibility index (Phi) is 12.4. The molecule has 0 atom stereocenters. The molecule has 3 fully saturated rings. The molecule has 0 aliphatic carbocycles. The number of piperazine rings is 2. The molecule has 1 aromatic rings. The lowest BCUT2D eigenvalue weighted by molar-refractivity contribution is -0.137. The van der Waals surface area contributed by atoms with Crippen LogP contribution in [0.4, 0.5) is 23.7 Å². The van der Waals surface area contributed by atoms with E-state index in [1.807, 2.05) is 4.90 Å². The third-order valence-corrected chi connectivity index (χ3v) is 8.76. The molecule has 15 heteroatoms. The predicted octanol–water partition coefficient (Wildman–Crippen LogP) is 3.56. The third-order valence-electron chi connectivity index (χ3n) is 8.07. The number of alkyl halides is 3. The summed E-state index contributed by atoms with van der Waals surface area (Å²) in [6, 6.07) is 4.76. The summed E-state index contributed by atoms with van der Waals surface area (Å²) < 4.78 is 40.3. The summed E-state index contributed by atoms with van der Waals surface area (Å²) in [6.07, 6.45) is -2.08. The van der Waals surface area contributed by atoms with Crippen molar-refractivity contribution < 1.29 is 27.6 Å². The van der Waals surface area contributed by atoms with Crippen molar-refractivity contribution in [3.63, 3.8) is 0 Å². The number of halogens is 3. The van der Waals surface area contributed by atoms with Crippen LogP contribution in [-0.2, 0) is 15.8 Å². The van der Waals surface area contributed by atoms with Gasteiger partial charge in [-0.1, -0.05) is 19.0 Å². The first-order chi connectivity index (χ1) is 20.7. The van der Waals surface area contributed by atoms with Crippen LogP contribution in [0.25, 0.3) is 0 Å². The van der Waals surface area contributed by atoms with Crippen molar-refractivity contribution in [2.75, 3.05) is 70.3 Å². The molecule has 242 valence electrons. The summed E-state index contributed by atoms with van der Waals surface area (Å²) >= 11 is 9.22. The minimum Gasteiger partial charge on any atom is -0.340 e. The Labute approximate surface area is 267 Å². The number of nitrogens with zero attached hydrogens (tertiary/aromatic N) is 6. The number of thiocarbonyl (C=S) groups is 1. The molecule has 0 radical (unpaired) electrons. The number of rotatable bonds is 7. The fourth-order valence-corrected chi connectivity index (χ4v) is 6.07. The van der Waals surface area contributed by atoms with Crippen molar-refractivity contribution in [2.45, 2.75) is 51.7 Å². The Morgan fingerprint density at radius 3 is 2.16 bits per heavy atom. The predicted molar refractivity (Wildman–Crippen MR) is 168 cm³/mol. The van der Waals surface area contributed by atoms with Crippen LogP contribution >= 0.6 is 24.8 Å². The zero-order chi connectivity index (χ0) is 32.7. The topological polar surface area (TPSA) is 103 Å². The first kappa shape index (κ1) is 35.5. The summed E-state index contributed by atoms with van der Waals surface area (Å²) in [5.41, 5.74) is -2.58. The summed E-state index contributed by atoms with van der Waals surface area (Å²) in [6.45, 7) is 13.0. The number of thiol groups is 1. The maximum Gasteiger partial charge on any atom is 0.417 e. The zero-order valence-electron chi connectivity index (χ0n) is 25.3. The van der Waals surface area contributed by atoms with Gasteiger partial charge in [-0.05, 0) is 63.7 Å². The summed E-state index contributed by atoms with van der Waals surface area (Å²) in [5.74, 6) is -0.295. The Morgan fingerprint density at radius 2 is 1.64 bits per heavy atom. The Bertz CT molecular complexity index is 1260. The van der Waals surface area contributed by atoms with Gasteiger partial charge in [0.1, 0.15) is 5.54 Å². The lowest BCUT2D eigenvalue weighted by Gasteiger charge is -2.34. The van der Waals surface area contributed by atoms with Crippen molar-refractivity contribution >= 4 is 52.7 Å². The molecule has 3 heterocycles. The minimum absolute atomic E-state index is 0.00611.